The Morgan fingerprint density at radius 1 is 1.16 bits per heavy atom. The van der Waals surface area contributed by atoms with Crippen molar-refractivity contribution >= 4 is 17.0 Å². The van der Waals surface area contributed by atoms with Crippen molar-refractivity contribution in [1.82, 2.24) is 14.7 Å². The number of carboxylic acids is 1. The highest BCUT2D eigenvalue weighted by Gasteiger charge is 2.13. The molecule has 0 aliphatic heterocycles. The smallest absolute Gasteiger partial charge is 0.335 e. The van der Waals surface area contributed by atoms with Crippen LogP contribution in [0.2, 0.25) is 0 Å². The van der Waals surface area contributed by atoms with E-state index in [0.717, 1.165) is 4.73 Å². The Labute approximate surface area is 107 Å². The first-order valence-electron chi connectivity index (χ1n) is 5.52. The second-order valence-electron chi connectivity index (χ2n) is 3.99. The van der Waals surface area contributed by atoms with Gasteiger partial charge in [0.15, 0.2) is 5.82 Å². The van der Waals surface area contributed by atoms with E-state index in [0.29, 0.717) is 22.4 Å². The van der Waals surface area contributed by atoms with E-state index in [-0.39, 0.29) is 5.56 Å². The fraction of sp³-hybridized carbons (Fsp3) is 0. The summed E-state index contributed by atoms with van der Waals surface area (Å²) in [6.07, 6.45) is 3.19. The van der Waals surface area contributed by atoms with Gasteiger partial charge in [0.25, 0.3) is 0 Å². The number of benzene rings is 1. The number of carboxylic acid groups (broad SMARTS) is 1. The summed E-state index contributed by atoms with van der Waals surface area (Å²) in [5, 5.41) is 19.0. The van der Waals surface area contributed by atoms with Crippen LogP contribution in [0, 0.1) is 0 Å². The molecule has 94 valence electrons. The largest absolute Gasteiger partial charge is 0.478 e. The lowest BCUT2D eigenvalue weighted by Crippen LogP contribution is -1.97. The molecule has 6 heteroatoms. The highest BCUT2D eigenvalue weighted by Crippen LogP contribution is 2.23. The highest BCUT2D eigenvalue weighted by molar-refractivity contribution is 5.93. The van der Waals surface area contributed by atoms with Gasteiger partial charge in [-0.1, -0.05) is 0 Å². The van der Waals surface area contributed by atoms with Crippen molar-refractivity contribution in [1.29, 1.82) is 0 Å². The second-order valence-corrected chi connectivity index (χ2v) is 3.99. The van der Waals surface area contributed by atoms with Crippen LogP contribution in [-0.4, -0.2) is 31.0 Å². The number of imidazole rings is 1. The van der Waals surface area contributed by atoms with Gasteiger partial charge < -0.3 is 10.3 Å². The van der Waals surface area contributed by atoms with Gasteiger partial charge in [0.1, 0.15) is 5.52 Å². The average Bonchev–Trinajstić information content (AvgIpc) is 2.77. The minimum Gasteiger partial charge on any atom is -0.478 e. The summed E-state index contributed by atoms with van der Waals surface area (Å²) in [7, 11) is 0. The molecule has 0 aliphatic carbocycles. The molecule has 6 nitrogen and oxygen atoms in total. The van der Waals surface area contributed by atoms with Gasteiger partial charge in [-0.05, 0) is 30.3 Å². The molecule has 0 unspecified atom stereocenters. The molecular weight excluding hydrogens is 246 g/mol. The maximum absolute atomic E-state index is 10.9. The van der Waals surface area contributed by atoms with E-state index in [2.05, 4.69) is 9.97 Å². The Hall–Kier alpha value is -2.89. The number of rotatable bonds is 2. The van der Waals surface area contributed by atoms with Crippen LogP contribution >= 0.6 is 0 Å². The molecule has 19 heavy (non-hydrogen) atoms. The Morgan fingerprint density at radius 3 is 2.58 bits per heavy atom. The molecule has 2 heterocycles. The molecule has 0 fully saturated rings. The van der Waals surface area contributed by atoms with Gasteiger partial charge in [-0.25, -0.2) is 9.78 Å². The van der Waals surface area contributed by atoms with Crippen LogP contribution in [0.25, 0.3) is 22.4 Å². The monoisotopic (exact) mass is 255 g/mol. The molecule has 2 aromatic heterocycles. The molecule has 0 aliphatic rings. The van der Waals surface area contributed by atoms with Gasteiger partial charge in [-0.2, -0.15) is 4.73 Å². The highest BCUT2D eigenvalue weighted by atomic mass is 16.5. The summed E-state index contributed by atoms with van der Waals surface area (Å²) in [6, 6.07) is 7.83. The molecule has 0 radical (unpaired) electrons. The Morgan fingerprint density at radius 2 is 1.89 bits per heavy atom. The van der Waals surface area contributed by atoms with Gasteiger partial charge in [0.05, 0.1) is 11.1 Å². The quantitative estimate of drug-likeness (QED) is 0.684. The fourth-order valence-electron chi connectivity index (χ4n) is 1.88. The first kappa shape index (κ1) is 11.2. The number of pyridine rings is 1. The third-order valence-corrected chi connectivity index (χ3v) is 2.82. The average molecular weight is 255 g/mol. The Kier molecular flexibility index (Phi) is 2.42. The lowest BCUT2D eigenvalue weighted by atomic mass is 10.2. The summed E-state index contributed by atoms with van der Waals surface area (Å²) in [6.45, 7) is 0. The summed E-state index contributed by atoms with van der Waals surface area (Å²) in [5.74, 6) is -0.700. The minimum atomic E-state index is -1.05. The van der Waals surface area contributed by atoms with Crippen molar-refractivity contribution in [3.8, 4) is 11.4 Å². The molecule has 0 atom stereocenters. The molecule has 0 saturated heterocycles. The molecule has 0 spiro atoms. The van der Waals surface area contributed by atoms with Crippen molar-refractivity contribution in [2.24, 2.45) is 0 Å². The molecule has 3 rings (SSSR count). The van der Waals surface area contributed by atoms with Crippen molar-refractivity contribution < 1.29 is 15.1 Å². The van der Waals surface area contributed by atoms with E-state index in [9.17, 15) is 10.0 Å². The molecule has 0 amide bonds. The molecule has 0 saturated carbocycles. The summed E-state index contributed by atoms with van der Waals surface area (Å²) >= 11 is 0. The van der Waals surface area contributed by atoms with Crippen LogP contribution in [0.1, 0.15) is 10.4 Å². The summed E-state index contributed by atoms with van der Waals surface area (Å²) < 4.78 is 0.886. The lowest BCUT2D eigenvalue weighted by molar-refractivity contribution is 0.0697. The van der Waals surface area contributed by atoms with E-state index in [1.165, 1.54) is 12.1 Å². The van der Waals surface area contributed by atoms with E-state index in [1.807, 2.05) is 0 Å². The zero-order valence-electron chi connectivity index (χ0n) is 9.69. The fourth-order valence-corrected chi connectivity index (χ4v) is 1.88. The Balaban J connectivity index is 2.24. The van der Waals surface area contributed by atoms with E-state index in [4.69, 9.17) is 5.11 Å². The number of nitrogens with zero attached hydrogens (tertiary/aromatic N) is 3. The van der Waals surface area contributed by atoms with Gasteiger partial charge >= 0.3 is 5.97 Å². The van der Waals surface area contributed by atoms with E-state index < -0.39 is 5.97 Å². The number of fused-ring (bicyclic) bond motifs is 1. The zero-order chi connectivity index (χ0) is 13.4. The SMILES string of the molecule is O=C(O)c1ccc2nc(-c3ccncc3)n(O)c2c1. The molecular formula is C13H9N3O3. The number of aromatic carboxylic acids is 1. The maximum atomic E-state index is 10.9. The third kappa shape index (κ3) is 1.79. The molecule has 3 aromatic rings. The summed E-state index contributed by atoms with van der Waals surface area (Å²) in [4.78, 5) is 19.1. The first-order valence-corrected chi connectivity index (χ1v) is 5.52. The van der Waals surface area contributed by atoms with Crippen molar-refractivity contribution in [2.75, 3.05) is 0 Å². The van der Waals surface area contributed by atoms with Crippen LogP contribution in [0.3, 0.4) is 0 Å². The normalized spacial score (nSPS) is 10.7. The number of aromatic nitrogens is 3. The van der Waals surface area contributed by atoms with Crippen molar-refractivity contribution in [3.05, 3.63) is 48.3 Å². The lowest BCUT2D eigenvalue weighted by Gasteiger charge is -2.00. The van der Waals surface area contributed by atoms with Gasteiger partial charge in [-0.3, -0.25) is 4.98 Å². The number of carbonyl (C=O) groups is 1. The van der Waals surface area contributed by atoms with Crippen LogP contribution in [0.15, 0.2) is 42.7 Å². The van der Waals surface area contributed by atoms with Crippen LogP contribution < -0.4 is 0 Å². The van der Waals surface area contributed by atoms with Gasteiger partial charge in [0.2, 0.25) is 0 Å². The van der Waals surface area contributed by atoms with Gasteiger partial charge in [0, 0.05) is 18.0 Å². The van der Waals surface area contributed by atoms with E-state index >= 15 is 0 Å². The van der Waals surface area contributed by atoms with Crippen molar-refractivity contribution in [3.63, 3.8) is 0 Å². The third-order valence-electron chi connectivity index (χ3n) is 2.82. The maximum Gasteiger partial charge on any atom is 0.335 e. The molecule has 0 bridgehead atoms. The number of hydrogen-bond acceptors (Lipinski definition) is 4. The van der Waals surface area contributed by atoms with Crippen LogP contribution in [-0.2, 0) is 0 Å². The topological polar surface area (TPSA) is 88.2 Å². The van der Waals surface area contributed by atoms with Crippen LogP contribution in [0.4, 0.5) is 0 Å². The van der Waals surface area contributed by atoms with Gasteiger partial charge in [-0.15, -0.1) is 0 Å². The van der Waals surface area contributed by atoms with Crippen LogP contribution in [0.5, 0.6) is 0 Å². The number of hydrogen-bond donors (Lipinski definition) is 2. The predicted octanol–water partition coefficient (Wildman–Crippen LogP) is 2.03. The minimum absolute atomic E-state index is 0.101. The van der Waals surface area contributed by atoms with Crippen molar-refractivity contribution in [2.45, 2.75) is 0 Å². The zero-order valence-corrected chi connectivity index (χ0v) is 9.69. The summed E-state index contributed by atoms with van der Waals surface area (Å²) in [5.41, 5.74) is 1.68. The first-order chi connectivity index (χ1) is 9.16. The Bertz CT molecular complexity index is 765. The molecule has 1 aromatic carbocycles. The standard InChI is InChI=1S/C13H9N3O3/c17-13(18)9-1-2-10-11(7-9)16(19)12(15-10)8-3-5-14-6-4-8/h1-7,19H,(H,17,18). The van der Waals surface area contributed by atoms with E-state index in [1.54, 1.807) is 30.6 Å². The second kappa shape index (κ2) is 4.09. The molecule has 2 N–H and O–H groups in total. The predicted molar refractivity (Wildman–Crippen MR) is 67.1 cm³/mol.